The van der Waals surface area contributed by atoms with E-state index in [-0.39, 0.29) is 5.57 Å². The van der Waals surface area contributed by atoms with Crippen LogP contribution in [0.15, 0.2) is 11.1 Å². The Morgan fingerprint density at radius 1 is 1.67 bits per heavy atom. The van der Waals surface area contributed by atoms with E-state index in [2.05, 4.69) is 0 Å². The van der Waals surface area contributed by atoms with Gasteiger partial charge < -0.3 is 4.74 Å². The molecule has 80 valence electrons. The highest BCUT2D eigenvalue weighted by Gasteiger charge is 2.44. The number of allylic oxidation sites excluding steroid dienone is 1. The zero-order chi connectivity index (χ0) is 10.8. The van der Waals surface area contributed by atoms with Crippen molar-refractivity contribution in [3.63, 3.8) is 0 Å². The summed E-state index contributed by atoms with van der Waals surface area (Å²) in [6, 6.07) is 2.02. The minimum atomic E-state index is -0.428. The van der Waals surface area contributed by atoms with Gasteiger partial charge in [0.15, 0.2) is 0 Å². The van der Waals surface area contributed by atoms with Crippen LogP contribution >= 0.6 is 0 Å². The van der Waals surface area contributed by atoms with Crippen LogP contribution in [0, 0.1) is 23.2 Å². The molecule has 15 heavy (non-hydrogen) atoms. The molecular formula is C12H15NO2. The van der Waals surface area contributed by atoms with Gasteiger partial charge in [0.2, 0.25) is 0 Å². The van der Waals surface area contributed by atoms with Crippen LogP contribution in [-0.4, -0.2) is 12.6 Å². The number of rotatable bonds is 2. The van der Waals surface area contributed by atoms with E-state index >= 15 is 0 Å². The van der Waals surface area contributed by atoms with Crippen LogP contribution < -0.4 is 0 Å². The topological polar surface area (TPSA) is 50.1 Å². The van der Waals surface area contributed by atoms with Gasteiger partial charge in [-0.3, -0.25) is 0 Å². The molecule has 0 aromatic rings. The van der Waals surface area contributed by atoms with Crippen molar-refractivity contribution in [2.75, 3.05) is 6.61 Å². The molecule has 2 fully saturated rings. The second kappa shape index (κ2) is 4.06. The van der Waals surface area contributed by atoms with Gasteiger partial charge in [-0.25, -0.2) is 4.79 Å². The lowest BCUT2D eigenvalue weighted by atomic mass is 9.91. The number of carbonyl (C=O) groups is 1. The Hall–Kier alpha value is -1.30. The predicted molar refractivity (Wildman–Crippen MR) is 54.7 cm³/mol. The fraction of sp³-hybridized carbons (Fsp3) is 0.667. The van der Waals surface area contributed by atoms with Crippen molar-refractivity contribution in [3.8, 4) is 6.07 Å². The van der Waals surface area contributed by atoms with Gasteiger partial charge in [0.05, 0.1) is 6.61 Å². The number of nitrogens with zero attached hydrogens (tertiary/aromatic N) is 1. The van der Waals surface area contributed by atoms with Gasteiger partial charge in [0, 0.05) is 0 Å². The van der Waals surface area contributed by atoms with E-state index in [1.54, 1.807) is 6.92 Å². The maximum Gasteiger partial charge on any atom is 0.348 e. The van der Waals surface area contributed by atoms with E-state index in [9.17, 15) is 4.79 Å². The minimum absolute atomic E-state index is 0.282. The highest BCUT2D eigenvalue weighted by Crippen LogP contribution is 2.53. The van der Waals surface area contributed by atoms with Gasteiger partial charge >= 0.3 is 5.97 Å². The molecule has 2 aliphatic rings. The average molecular weight is 205 g/mol. The molecule has 0 bridgehead atoms. The summed E-state index contributed by atoms with van der Waals surface area (Å²) >= 11 is 0. The molecule has 0 spiro atoms. The first-order valence-corrected chi connectivity index (χ1v) is 5.58. The Balaban J connectivity index is 2.20. The van der Waals surface area contributed by atoms with Crippen molar-refractivity contribution in [2.24, 2.45) is 11.8 Å². The summed E-state index contributed by atoms with van der Waals surface area (Å²) < 4.78 is 4.90. The van der Waals surface area contributed by atoms with Crippen LogP contribution in [0.25, 0.3) is 0 Å². The molecule has 2 aliphatic carbocycles. The van der Waals surface area contributed by atoms with Gasteiger partial charge in [-0.1, -0.05) is 0 Å². The molecule has 2 atom stereocenters. The van der Waals surface area contributed by atoms with Crippen LogP contribution in [0.2, 0.25) is 0 Å². The minimum Gasteiger partial charge on any atom is -0.462 e. The van der Waals surface area contributed by atoms with Gasteiger partial charge in [0.1, 0.15) is 11.6 Å². The van der Waals surface area contributed by atoms with Crippen LogP contribution in [0.4, 0.5) is 0 Å². The van der Waals surface area contributed by atoms with Crippen LogP contribution in [0.1, 0.15) is 32.6 Å². The van der Waals surface area contributed by atoms with Crippen molar-refractivity contribution in [1.29, 1.82) is 5.26 Å². The second-order valence-electron chi connectivity index (χ2n) is 4.23. The third-order valence-corrected chi connectivity index (χ3v) is 3.30. The van der Waals surface area contributed by atoms with Crippen molar-refractivity contribution in [1.82, 2.24) is 0 Å². The number of hydrogen-bond acceptors (Lipinski definition) is 3. The summed E-state index contributed by atoms with van der Waals surface area (Å²) in [5, 5.41) is 9.00. The molecule has 0 amide bonds. The Morgan fingerprint density at radius 2 is 2.47 bits per heavy atom. The molecule has 3 heteroatoms. The third kappa shape index (κ3) is 1.90. The van der Waals surface area contributed by atoms with Gasteiger partial charge in [-0.15, -0.1) is 0 Å². The summed E-state index contributed by atoms with van der Waals surface area (Å²) in [7, 11) is 0. The molecule has 2 rings (SSSR count). The van der Waals surface area contributed by atoms with Gasteiger partial charge in [-0.2, -0.15) is 5.26 Å². The maximum atomic E-state index is 11.5. The number of ether oxygens (including phenoxy) is 1. The second-order valence-corrected chi connectivity index (χ2v) is 4.23. The van der Waals surface area contributed by atoms with E-state index in [0.29, 0.717) is 12.5 Å². The zero-order valence-corrected chi connectivity index (χ0v) is 8.95. The molecule has 2 saturated carbocycles. The van der Waals surface area contributed by atoms with E-state index in [0.717, 1.165) is 24.3 Å². The van der Waals surface area contributed by atoms with Crippen LogP contribution in [0.3, 0.4) is 0 Å². The number of carbonyl (C=O) groups excluding carboxylic acids is 1. The van der Waals surface area contributed by atoms with Crippen molar-refractivity contribution < 1.29 is 9.53 Å². The van der Waals surface area contributed by atoms with Crippen LogP contribution in [-0.2, 0) is 9.53 Å². The lowest BCUT2D eigenvalue weighted by molar-refractivity contribution is -0.138. The molecule has 0 aromatic heterocycles. The summed E-state index contributed by atoms with van der Waals surface area (Å²) in [6.45, 7) is 2.10. The van der Waals surface area contributed by atoms with Crippen LogP contribution in [0.5, 0.6) is 0 Å². The van der Waals surface area contributed by atoms with Gasteiger partial charge in [0.25, 0.3) is 0 Å². The number of esters is 1. The van der Waals surface area contributed by atoms with Crippen molar-refractivity contribution in [3.05, 3.63) is 11.1 Å². The molecule has 0 N–H and O–H groups in total. The monoisotopic (exact) mass is 205 g/mol. The lowest BCUT2D eigenvalue weighted by Gasteiger charge is -2.14. The highest BCUT2D eigenvalue weighted by atomic mass is 16.5. The summed E-state index contributed by atoms with van der Waals surface area (Å²) in [4.78, 5) is 11.5. The predicted octanol–water partition coefficient (Wildman–Crippen LogP) is 2.19. The molecule has 0 saturated heterocycles. The normalized spacial score (nSPS) is 31.2. The quantitative estimate of drug-likeness (QED) is 0.394. The summed E-state index contributed by atoms with van der Waals surface area (Å²) in [5.74, 6) is 0.826. The molecule has 0 aliphatic heterocycles. The lowest BCUT2D eigenvalue weighted by Crippen LogP contribution is -2.12. The first-order valence-electron chi connectivity index (χ1n) is 5.58. The van der Waals surface area contributed by atoms with E-state index < -0.39 is 5.97 Å². The van der Waals surface area contributed by atoms with E-state index in [1.165, 1.54) is 12.8 Å². The zero-order valence-electron chi connectivity index (χ0n) is 8.95. The largest absolute Gasteiger partial charge is 0.462 e. The highest BCUT2D eigenvalue weighted by molar-refractivity contribution is 5.93. The maximum absolute atomic E-state index is 11.5. The number of fused-ring (bicyclic) bond motifs is 1. The Bertz CT molecular complexity index is 351. The smallest absolute Gasteiger partial charge is 0.348 e. The molecule has 0 aromatic carbocycles. The number of hydrogen-bond donors (Lipinski definition) is 0. The Kier molecular flexibility index (Phi) is 2.77. The Labute approximate surface area is 89.7 Å². The Morgan fingerprint density at radius 3 is 3.13 bits per heavy atom. The molecule has 0 radical (unpaired) electrons. The first-order chi connectivity index (χ1) is 7.27. The molecule has 3 nitrogen and oxygen atoms in total. The molecule has 2 unspecified atom stereocenters. The van der Waals surface area contributed by atoms with E-state index in [4.69, 9.17) is 10.00 Å². The SMILES string of the molecule is CCOC(=O)/C(C#N)=C1/CCCC2CC12. The molecule has 0 heterocycles. The summed E-state index contributed by atoms with van der Waals surface area (Å²) in [5.41, 5.74) is 1.34. The fourth-order valence-electron chi connectivity index (χ4n) is 2.50. The summed E-state index contributed by atoms with van der Waals surface area (Å²) in [6.07, 6.45) is 4.44. The van der Waals surface area contributed by atoms with E-state index in [1.807, 2.05) is 6.07 Å². The third-order valence-electron chi connectivity index (χ3n) is 3.30. The number of nitriles is 1. The molecular weight excluding hydrogens is 190 g/mol. The van der Waals surface area contributed by atoms with Crippen molar-refractivity contribution in [2.45, 2.75) is 32.6 Å². The fourth-order valence-corrected chi connectivity index (χ4v) is 2.50. The van der Waals surface area contributed by atoms with Crippen molar-refractivity contribution >= 4 is 5.97 Å². The standard InChI is InChI=1S/C12H15NO2/c1-2-15-12(14)11(7-13)9-5-3-4-8-6-10(8)9/h8,10H,2-6H2,1H3/b11-9-. The average Bonchev–Trinajstić information content (AvgIpc) is 2.99. The van der Waals surface area contributed by atoms with Gasteiger partial charge in [-0.05, 0) is 50.0 Å². The first kappa shape index (κ1) is 10.2.